The van der Waals surface area contributed by atoms with Gasteiger partial charge in [0, 0.05) is 37.0 Å². The van der Waals surface area contributed by atoms with Crippen LogP contribution in [0, 0.1) is 0 Å². The molecule has 0 unspecified atom stereocenters. The second-order valence-corrected chi connectivity index (χ2v) is 15.6. The molecule has 0 saturated heterocycles. The number of hydrogen-bond acceptors (Lipinski definition) is 2. The van der Waals surface area contributed by atoms with E-state index in [2.05, 4.69) is 207 Å². The van der Waals surface area contributed by atoms with Crippen molar-refractivity contribution in [3.8, 4) is 44.5 Å². The van der Waals surface area contributed by atoms with Crippen molar-refractivity contribution in [2.45, 2.75) is 19.3 Å². The lowest BCUT2D eigenvalue weighted by Gasteiger charge is -2.33. The van der Waals surface area contributed by atoms with E-state index >= 15 is 0 Å². The standard InChI is InChI=1S/C51H37NS/c1-51(2)46-21-11-9-18-42(46)44-20-13-22-47(50(44)51)52(41-31-38(34-14-5-3-6-15-34)30-39(32-41)35-16-7-4-8-17-35)40-27-24-36(25-28-40)37-26-29-49-45(33-37)43-19-10-12-23-48(43)53-49/h3-33H,1-2H3. The topological polar surface area (TPSA) is 3.24 Å². The monoisotopic (exact) mass is 695 g/mol. The molecule has 252 valence electrons. The Morgan fingerprint density at radius 3 is 1.72 bits per heavy atom. The Morgan fingerprint density at radius 1 is 0.396 bits per heavy atom. The lowest BCUT2D eigenvalue weighted by molar-refractivity contribution is 0.661. The van der Waals surface area contributed by atoms with Crippen molar-refractivity contribution >= 4 is 48.6 Å². The second-order valence-electron chi connectivity index (χ2n) is 14.6. The van der Waals surface area contributed by atoms with E-state index in [1.54, 1.807) is 0 Å². The average molecular weight is 696 g/mol. The molecule has 2 heteroatoms. The molecule has 1 heterocycles. The maximum atomic E-state index is 2.49. The number of fused-ring (bicyclic) bond motifs is 6. The smallest absolute Gasteiger partial charge is 0.0508 e. The quantitative estimate of drug-likeness (QED) is 0.167. The Kier molecular flexibility index (Phi) is 7.42. The molecule has 9 aromatic rings. The Labute approximate surface area is 315 Å². The molecule has 0 spiro atoms. The van der Waals surface area contributed by atoms with E-state index in [-0.39, 0.29) is 5.41 Å². The highest BCUT2D eigenvalue weighted by molar-refractivity contribution is 7.25. The van der Waals surface area contributed by atoms with Gasteiger partial charge in [-0.25, -0.2) is 0 Å². The predicted octanol–water partition coefficient (Wildman–Crippen LogP) is 14.8. The lowest BCUT2D eigenvalue weighted by atomic mass is 9.81. The van der Waals surface area contributed by atoms with Crippen molar-refractivity contribution in [2.75, 3.05) is 4.90 Å². The maximum Gasteiger partial charge on any atom is 0.0508 e. The summed E-state index contributed by atoms with van der Waals surface area (Å²) < 4.78 is 2.66. The predicted molar refractivity (Wildman–Crippen MR) is 228 cm³/mol. The summed E-state index contributed by atoms with van der Waals surface area (Å²) in [7, 11) is 0. The number of benzene rings is 8. The summed E-state index contributed by atoms with van der Waals surface area (Å²) in [5, 5.41) is 2.65. The highest BCUT2D eigenvalue weighted by atomic mass is 32.1. The minimum atomic E-state index is -0.182. The van der Waals surface area contributed by atoms with Gasteiger partial charge in [-0.05, 0) is 110 Å². The minimum absolute atomic E-state index is 0.182. The fraction of sp³-hybridized carbons (Fsp3) is 0.0588. The summed E-state index contributed by atoms with van der Waals surface area (Å²) in [5.41, 5.74) is 15.8. The van der Waals surface area contributed by atoms with E-state index < -0.39 is 0 Å². The first-order chi connectivity index (χ1) is 26.0. The summed E-state index contributed by atoms with van der Waals surface area (Å²) in [6.45, 7) is 4.75. The SMILES string of the molecule is CC1(C)c2ccccc2-c2cccc(N(c3ccc(-c4ccc5sc6ccccc6c5c4)cc3)c3cc(-c4ccccc4)cc(-c4ccccc4)c3)c21. The Bertz CT molecular complexity index is 2730. The molecule has 0 N–H and O–H groups in total. The second kappa shape index (κ2) is 12.5. The van der Waals surface area contributed by atoms with Crippen LogP contribution < -0.4 is 4.90 Å². The summed E-state index contributed by atoms with van der Waals surface area (Å²) in [6, 6.07) is 69.2. The van der Waals surface area contributed by atoms with Crippen LogP contribution in [-0.2, 0) is 5.41 Å². The van der Waals surface area contributed by atoms with Gasteiger partial charge in [-0.3, -0.25) is 0 Å². The van der Waals surface area contributed by atoms with Crippen LogP contribution in [0.5, 0.6) is 0 Å². The van der Waals surface area contributed by atoms with Gasteiger partial charge in [0.15, 0.2) is 0 Å². The fourth-order valence-electron chi connectivity index (χ4n) is 8.48. The van der Waals surface area contributed by atoms with E-state index in [1.807, 2.05) is 11.3 Å². The normalized spacial score (nSPS) is 12.9. The van der Waals surface area contributed by atoms with Gasteiger partial charge in [-0.15, -0.1) is 11.3 Å². The van der Waals surface area contributed by atoms with Gasteiger partial charge in [0.05, 0.1) is 5.69 Å². The van der Waals surface area contributed by atoms with Crippen molar-refractivity contribution in [3.05, 3.63) is 199 Å². The molecule has 53 heavy (non-hydrogen) atoms. The van der Waals surface area contributed by atoms with Crippen LogP contribution in [0.1, 0.15) is 25.0 Å². The molecule has 0 radical (unpaired) electrons. The summed E-state index contributed by atoms with van der Waals surface area (Å²) in [6.07, 6.45) is 0. The van der Waals surface area contributed by atoms with Crippen LogP contribution in [0.4, 0.5) is 17.1 Å². The zero-order valence-electron chi connectivity index (χ0n) is 29.8. The van der Waals surface area contributed by atoms with Gasteiger partial charge in [0.1, 0.15) is 0 Å². The van der Waals surface area contributed by atoms with Gasteiger partial charge in [-0.1, -0.05) is 147 Å². The van der Waals surface area contributed by atoms with E-state index in [1.165, 1.54) is 81.5 Å². The first-order valence-corrected chi connectivity index (χ1v) is 19.2. The van der Waals surface area contributed by atoms with Crippen LogP contribution >= 0.6 is 11.3 Å². The highest BCUT2D eigenvalue weighted by Crippen LogP contribution is 2.54. The Morgan fingerprint density at radius 2 is 0.981 bits per heavy atom. The number of hydrogen-bond donors (Lipinski definition) is 0. The molecular formula is C51H37NS. The third kappa shape index (κ3) is 5.29. The Balaban J connectivity index is 1.18. The fourth-order valence-corrected chi connectivity index (χ4v) is 9.56. The van der Waals surface area contributed by atoms with E-state index in [0.29, 0.717) is 0 Å². The lowest BCUT2D eigenvalue weighted by Crippen LogP contribution is -2.20. The number of anilines is 3. The van der Waals surface area contributed by atoms with Gasteiger partial charge >= 0.3 is 0 Å². The molecule has 8 aromatic carbocycles. The van der Waals surface area contributed by atoms with E-state index in [9.17, 15) is 0 Å². The van der Waals surface area contributed by atoms with Crippen LogP contribution in [0.2, 0.25) is 0 Å². The van der Waals surface area contributed by atoms with Crippen LogP contribution in [0.3, 0.4) is 0 Å². The number of thiophene rings is 1. The van der Waals surface area contributed by atoms with E-state index in [4.69, 9.17) is 0 Å². The highest BCUT2D eigenvalue weighted by Gasteiger charge is 2.38. The molecular weight excluding hydrogens is 659 g/mol. The van der Waals surface area contributed by atoms with Gasteiger partial charge in [0.2, 0.25) is 0 Å². The molecule has 1 aliphatic rings. The molecule has 1 aromatic heterocycles. The van der Waals surface area contributed by atoms with Crippen LogP contribution in [0.15, 0.2) is 188 Å². The summed E-state index contributed by atoms with van der Waals surface area (Å²) in [5.74, 6) is 0. The number of rotatable bonds is 6. The zero-order chi connectivity index (χ0) is 35.5. The first-order valence-electron chi connectivity index (χ1n) is 18.3. The third-order valence-corrected chi connectivity index (χ3v) is 12.2. The molecule has 1 nitrogen and oxygen atoms in total. The van der Waals surface area contributed by atoms with Crippen molar-refractivity contribution in [1.82, 2.24) is 0 Å². The molecule has 0 amide bonds. The van der Waals surface area contributed by atoms with Gasteiger partial charge < -0.3 is 4.90 Å². The zero-order valence-corrected chi connectivity index (χ0v) is 30.6. The van der Waals surface area contributed by atoms with Crippen LogP contribution in [0.25, 0.3) is 64.7 Å². The summed E-state index contributed by atoms with van der Waals surface area (Å²) in [4.78, 5) is 2.49. The molecule has 0 atom stereocenters. The van der Waals surface area contributed by atoms with Crippen molar-refractivity contribution in [2.24, 2.45) is 0 Å². The maximum absolute atomic E-state index is 2.49. The van der Waals surface area contributed by atoms with E-state index in [0.717, 1.165) is 11.4 Å². The van der Waals surface area contributed by atoms with Crippen LogP contribution in [-0.4, -0.2) is 0 Å². The molecule has 1 aliphatic carbocycles. The first kappa shape index (κ1) is 31.5. The number of nitrogens with zero attached hydrogens (tertiary/aromatic N) is 1. The Hall–Kier alpha value is -6.22. The minimum Gasteiger partial charge on any atom is -0.310 e. The van der Waals surface area contributed by atoms with Crippen molar-refractivity contribution < 1.29 is 0 Å². The average Bonchev–Trinajstić information content (AvgIpc) is 3.71. The van der Waals surface area contributed by atoms with Crippen molar-refractivity contribution in [1.29, 1.82) is 0 Å². The van der Waals surface area contributed by atoms with Crippen molar-refractivity contribution in [3.63, 3.8) is 0 Å². The van der Waals surface area contributed by atoms with Gasteiger partial charge in [0.25, 0.3) is 0 Å². The molecule has 0 aliphatic heterocycles. The molecule has 10 rings (SSSR count). The largest absolute Gasteiger partial charge is 0.310 e. The molecule has 0 bridgehead atoms. The molecule has 0 fully saturated rings. The summed E-state index contributed by atoms with van der Waals surface area (Å²) >= 11 is 1.86. The van der Waals surface area contributed by atoms with Gasteiger partial charge in [-0.2, -0.15) is 0 Å². The molecule has 0 saturated carbocycles. The third-order valence-electron chi connectivity index (χ3n) is 11.0.